The van der Waals surface area contributed by atoms with E-state index in [2.05, 4.69) is 4.90 Å². The maximum absolute atomic E-state index is 12.7. The molecule has 3 rings (SSSR count). The Kier molecular flexibility index (Phi) is 4.06. The lowest BCUT2D eigenvalue weighted by molar-refractivity contribution is 0.0689. The number of hydrogen-bond acceptors (Lipinski definition) is 2. The monoisotopic (exact) mass is 272 g/mol. The molecule has 1 heterocycles. The van der Waals surface area contributed by atoms with Gasteiger partial charge in [0, 0.05) is 24.7 Å². The Labute approximate surface area is 121 Å². The summed E-state index contributed by atoms with van der Waals surface area (Å²) in [6.07, 6.45) is 7.65. The molecule has 1 aromatic carbocycles. The van der Waals surface area contributed by atoms with Gasteiger partial charge in [-0.05, 0) is 49.3 Å². The lowest BCUT2D eigenvalue weighted by Crippen LogP contribution is -2.39. The minimum Gasteiger partial charge on any atom is -0.335 e. The minimum atomic E-state index is 0.211. The third-order valence-corrected chi connectivity index (χ3v) is 4.94. The van der Waals surface area contributed by atoms with Crippen LogP contribution in [0.2, 0.25) is 0 Å². The van der Waals surface area contributed by atoms with E-state index >= 15 is 0 Å². The fraction of sp³-hybridized carbons (Fsp3) is 0.588. The van der Waals surface area contributed by atoms with Gasteiger partial charge in [-0.2, -0.15) is 0 Å². The summed E-state index contributed by atoms with van der Waals surface area (Å²) in [7, 11) is 0. The first-order chi connectivity index (χ1) is 9.79. The van der Waals surface area contributed by atoms with Gasteiger partial charge in [0.1, 0.15) is 0 Å². The van der Waals surface area contributed by atoms with Gasteiger partial charge in [-0.15, -0.1) is 0 Å². The molecule has 0 radical (unpaired) electrons. The molecule has 0 bridgehead atoms. The summed E-state index contributed by atoms with van der Waals surface area (Å²) >= 11 is 0. The van der Waals surface area contributed by atoms with Gasteiger partial charge in [0.25, 0.3) is 5.91 Å². The molecule has 108 valence electrons. The van der Waals surface area contributed by atoms with Gasteiger partial charge in [0.05, 0.1) is 0 Å². The summed E-state index contributed by atoms with van der Waals surface area (Å²) in [6.45, 7) is 1.46. The average molecular weight is 272 g/mol. The van der Waals surface area contributed by atoms with Crippen LogP contribution < -0.4 is 5.73 Å². The van der Waals surface area contributed by atoms with Gasteiger partial charge >= 0.3 is 0 Å². The molecule has 2 fully saturated rings. The quantitative estimate of drug-likeness (QED) is 0.919. The summed E-state index contributed by atoms with van der Waals surface area (Å²) < 4.78 is 0. The van der Waals surface area contributed by atoms with E-state index in [0.717, 1.165) is 30.0 Å². The number of amides is 1. The van der Waals surface area contributed by atoms with Gasteiger partial charge < -0.3 is 10.6 Å². The van der Waals surface area contributed by atoms with Crippen molar-refractivity contribution in [2.45, 2.75) is 51.1 Å². The van der Waals surface area contributed by atoms with E-state index in [-0.39, 0.29) is 5.91 Å². The maximum Gasteiger partial charge on any atom is 0.254 e. The van der Waals surface area contributed by atoms with Crippen LogP contribution in [-0.4, -0.2) is 23.4 Å². The van der Waals surface area contributed by atoms with Crippen LogP contribution in [0.15, 0.2) is 24.3 Å². The lowest BCUT2D eigenvalue weighted by atomic mass is 9.95. The van der Waals surface area contributed by atoms with Gasteiger partial charge in [-0.3, -0.25) is 4.79 Å². The van der Waals surface area contributed by atoms with Crippen LogP contribution in [0.3, 0.4) is 0 Å². The zero-order valence-corrected chi connectivity index (χ0v) is 12.1. The Bertz CT molecular complexity index is 462. The third kappa shape index (κ3) is 2.59. The molecule has 3 heteroatoms. The summed E-state index contributed by atoms with van der Waals surface area (Å²) in [5.74, 6) is 0.952. The number of carbonyl (C=O) groups is 1. The smallest absolute Gasteiger partial charge is 0.254 e. The molecule has 1 aliphatic carbocycles. The third-order valence-electron chi connectivity index (χ3n) is 4.94. The number of nitrogens with zero attached hydrogens (tertiary/aromatic N) is 1. The van der Waals surface area contributed by atoms with Crippen LogP contribution in [0.25, 0.3) is 0 Å². The largest absolute Gasteiger partial charge is 0.335 e. The second-order valence-corrected chi connectivity index (χ2v) is 6.15. The van der Waals surface area contributed by atoms with E-state index < -0.39 is 0 Å². The Morgan fingerprint density at radius 3 is 2.45 bits per heavy atom. The summed E-state index contributed by atoms with van der Waals surface area (Å²) in [5.41, 5.74) is 7.50. The SMILES string of the molecule is NCc1ccc(C(=O)N2CCCC2C2CCCC2)cc1. The Hall–Kier alpha value is -1.35. The molecule has 1 saturated carbocycles. The van der Waals surface area contributed by atoms with Crippen molar-refractivity contribution in [3.63, 3.8) is 0 Å². The normalized spacial score (nSPS) is 23.4. The van der Waals surface area contributed by atoms with Crippen LogP contribution >= 0.6 is 0 Å². The molecular formula is C17H24N2O. The highest BCUT2D eigenvalue weighted by Gasteiger charge is 2.36. The van der Waals surface area contributed by atoms with Crippen molar-refractivity contribution in [2.24, 2.45) is 11.7 Å². The van der Waals surface area contributed by atoms with Crippen molar-refractivity contribution in [2.75, 3.05) is 6.54 Å². The predicted octanol–water partition coefficient (Wildman–Crippen LogP) is 2.94. The number of carbonyl (C=O) groups excluding carboxylic acids is 1. The first-order valence-corrected chi connectivity index (χ1v) is 7.89. The number of likely N-dealkylation sites (tertiary alicyclic amines) is 1. The van der Waals surface area contributed by atoms with Crippen molar-refractivity contribution >= 4 is 5.91 Å². The molecule has 1 unspecified atom stereocenters. The molecule has 0 aromatic heterocycles. The minimum absolute atomic E-state index is 0.211. The van der Waals surface area contributed by atoms with Crippen molar-refractivity contribution in [1.29, 1.82) is 0 Å². The van der Waals surface area contributed by atoms with E-state index in [1.54, 1.807) is 0 Å². The molecule has 1 aromatic rings. The predicted molar refractivity (Wildman–Crippen MR) is 80.3 cm³/mol. The Balaban J connectivity index is 1.74. The van der Waals surface area contributed by atoms with Crippen LogP contribution in [-0.2, 0) is 6.54 Å². The van der Waals surface area contributed by atoms with E-state index in [9.17, 15) is 4.79 Å². The van der Waals surface area contributed by atoms with E-state index in [1.807, 2.05) is 24.3 Å². The van der Waals surface area contributed by atoms with Crippen molar-refractivity contribution in [3.05, 3.63) is 35.4 Å². The van der Waals surface area contributed by atoms with Gasteiger partial charge in [0.15, 0.2) is 0 Å². The summed E-state index contributed by atoms with van der Waals surface area (Å²) in [5, 5.41) is 0. The molecule has 0 spiro atoms. The Morgan fingerprint density at radius 2 is 1.80 bits per heavy atom. The zero-order valence-electron chi connectivity index (χ0n) is 12.1. The van der Waals surface area contributed by atoms with Crippen LogP contribution in [0.5, 0.6) is 0 Å². The topological polar surface area (TPSA) is 46.3 Å². The highest BCUT2D eigenvalue weighted by Crippen LogP contribution is 2.36. The van der Waals surface area contributed by atoms with Crippen molar-refractivity contribution in [1.82, 2.24) is 4.90 Å². The van der Waals surface area contributed by atoms with Gasteiger partial charge in [-0.25, -0.2) is 0 Å². The number of hydrogen-bond donors (Lipinski definition) is 1. The van der Waals surface area contributed by atoms with E-state index in [4.69, 9.17) is 5.73 Å². The summed E-state index contributed by atoms with van der Waals surface area (Å²) in [6, 6.07) is 8.27. The first kappa shape index (κ1) is 13.6. The second-order valence-electron chi connectivity index (χ2n) is 6.15. The average Bonchev–Trinajstić information content (AvgIpc) is 3.16. The van der Waals surface area contributed by atoms with E-state index in [0.29, 0.717) is 12.6 Å². The van der Waals surface area contributed by atoms with Crippen LogP contribution in [0, 0.1) is 5.92 Å². The Morgan fingerprint density at radius 1 is 1.10 bits per heavy atom. The lowest BCUT2D eigenvalue weighted by Gasteiger charge is -2.29. The first-order valence-electron chi connectivity index (χ1n) is 7.89. The molecule has 1 atom stereocenters. The van der Waals surface area contributed by atoms with Gasteiger partial charge in [0.2, 0.25) is 0 Å². The van der Waals surface area contributed by atoms with Crippen LogP contribution in [0.4, 0.5) is 0 Å². The molecular weight excluding hydrogens is 248 g/mol. The fourth-order valence-electron chi connectivity index (χ4n) is 3.83. The second kappa shape index (κ2) is 5.96. The molecule has 20 heavy (non-hydrogen) atoms. The molecule has 2 aliphatic rings. The molecule has 2 N–H and O–H groups in total. The standard InChI is InChI=1S/C17H24N2O/c18-12-13-7-9-15(10-8-13)17(20)19-11-3-6-16(19)14-4-1-2-5-14/h7-10,14,16H,1-6,11-12,18H2. The number of nitrogens with two attached hydrogens (primary N) is 1. The zero-order chi connectivity index (χ0) is 13.9. The number of rotatable bonds is 3. The molecule has 1 amide bonds. The molecule has 3 nitrogen and oxygen atoms in total. The maximum atomic E-state index is 12.7. The highest BCUT2D eigenvalue weighted by molar-refractivity contribution is 5.94. The molecule has 1 saturated heterocycles. The number of benzene rings is 1. The fourth-order valence-corrected chi connectivity index (χ4v) is 3.83. The van der Waals surface area contributed by atoms with Crippen molar-refractivity contribution < 1.29 is 4.79 Å². The molecule has 1 aliphatic heterocycles. The highest BCUT2D eigenvalue weighted by atomic mass is 16.2. The summed E-state index contributed by atoms with van der Waals surface area (Å²) in [4.78, 5) is 14.8. The van der Waals surface area contributed by atoms with Crippen LogP contribution in [0.1, 0.15) is 54.4 Å². The van der Waals surface area contributed by atoms with Gasteiger partial charge in [-0.1, -0.05) is 25.0 Å². The van der Waals surface area contributed by atoms with E-state index in [1.165, 1.54) is 32.1 Å². The van der Waals surface area contributed by atoms with Crippen molar-refractivity contribution in [3.8, 4) is 0 Å².